The van der Waals surface area contributed by atoms with Crippen LogP contribution in [0, 0.1) is 5.41 Å². The zero-order chi connectivity index (χ0) is 27.6. The second-order valence-corrected chi connectivity index (χ2v) is 9.76. The van der Waals surface area contributed by atoms with Gasteiger partial charge in [-0.05, 0) is 40.0 Å². The lowest BCUT2D eigenvalue weighted by molar-refractivity contribution is -0.155. The summed E-state index contributed by atoms with van der Waals surface area (Å²) < 4.78 is 25.1. The zero-order valence-electron chi connectivity index (χ0n) is 21.9. The van der Waals surface area contributed by atoms with Crippen LogP contribution in [0.2, 0.25) is 0 Å². The van der Waals surface area contributed by atoms with Gasteiger partial charge in [0, 0.05) is 33.1 Å². The Labute approximate surface area is 220 Å². The summed E-state index contributed by atoms with van der Waals surface area (Å²) in [4.78, 5) is 62.9. The molecule has 2 rings (SSSR count). The van der Waals surface area contributed by atoms with Crippen LogP contribution in [0.4, 0.5) is 9.59 Å². The molecule has 0 spiro atoms. The van der Waals surface area contributed by atoms with Gasteiger partial charge in [0.2, 0.25) is 12.7 Å². The predicted octanol–water partition coefficient (Wildman–Crippen LogP) is 1.45. The fraction of sp³-hybridized carbons (Fsp3) is 0.773. The second-order valence-electron chi connectivity index (χ2n) is 9.24. The van der Waals surface area contributed by atoms with Gasteiger partial charge in [-0.15, -0.1) is 0 Å². The summed E-state index contributed by atoms with van der Waals surface area (Å²) in [6.45, 7) is 7.04. The molecule has 0 saturated carbocycles. The Hall–Kier alpha value is -2.78. The SMILES string of the molecule is CCOC(=O)C(C)(C)COSON1CC[C@@H](C(=O)NC2CCN(C(=O)OCOC(C)=O)CC2)N(C)C1=O. The molecule has 0 aromatic carbocycles. The van der Waals surface area contributed by atoms with Crippen molar-refractivity contribution in [2.75, 3.05) is 46.7 Å². The number of rotatable bonds is 11. The molecule has 210 valence electrons. The maximum Gasteiger partial charge on any atom is 0.412 e. The molecular formula is C22H36N4O10S. The third-order valence-electron chi connectivity index (χ3n) is 5.85. The van der Waals surface area contributed by atoms with Crippen molar-refractivity contribution in [3.63, 3.8) is 0 Å². The van der Waals surface area contributed by atoms with E-state index in [-0.39, 0.29) is 31.7 Å². The lowest BCUT2D eigenvalue weighted by atomic mass is 9.95. The Bertz CT molecular complexity index is 834. The van der Waals surface area contributed by atoms with Crippen LogP contribution in [-0.2, 0) is 37.1 Å². The van der Waals surface area contributed by atoms with E-state index in [4.69, 9.17) is 17.9 Å². The predicted molar refractivity (Wildman–Crippen MR) is 129 cm³/mol. The van der Waals surface area contributed by atoms with Crippen molar-refractivity contribution in [1.82, 2.24) is 20.2 Å². The molecule has 2 aliphatic heterocycles. The van der Waals surface area contributed by atoms with Crippen molar-refractivity contribution in [1.29, 1.82) is 0 Å². The average Bonchev–Trinajstić information content (AvgIpc) is 2.84. The van der Waals surface area contributed by atoms with E-state index >= 15 is 0 Å². The number of likely N-dealkylation sites (N-methyl/N-ethyl adjacent to an activating group) is 1. The molecule has 0 radical (unpaired) electrons. The van der Waals surface area contributed by atoms with E-state index in [0.29, 0.717) is 44.7 Å². The van der Waals surface area contributed by atoms with E-state index in [1.807, 2.05) is 0 Å². The molecule has 2 heterocycles. The molecule has 2 saturated heterocycles. The number of carbonyl (C=O) groups is 5. The van der Waals surface area contributed by atoms with Crippen LogP contribution in [0.25, 0.3) is 0 Å². The molecule has 37 heavy (non-hydrogen) atoms. The van der Waals surface area contributed by atoms with Gasteiger partial charge in [0.05, 0.1) is 25.2 Å². The van der Waals surface area contributed by atoms with Crippen LogP contribution in [0.15, 0.2) is 0 Å². The fourth-order valence-corrected chi connectivity index (χ4v) is 4.18. The Morgan fingerprint density at radius 3 is 2.35 bits per heavy atom. The van der Waals surface area contributed by atoms with Gasteiger partial charge in [-0.25, -0.2) is 9.59 Å². The van der Waals surface area contributed by atoms with Crippen molar-refractivity contribution in [3.8, 4) is 0 Å². The number of urea groups is 1. The number of piperidine rings is 1. The Morgan fingerprint density at radius 1 is 1.05 bits per heavy atom. The van der Waals surface area contributed by atoms with E-state index < -0.39 is 42.3 Å². The molecule has 0 bridgehead atoms. The Kier molecular flexibility index (Phi) is 11.7. The minimum absolute atomic E-state index is 0.0160. The van der Waals surface area contributed by atoms with Crippen molar-refractivity contribution >= 4 is 42.3 Å². The van der Waals surface area contributed by atoms with Gasteiger partial charge in [0.15, 0.2) is 12.3 Å². The van der Waals surface area contributed by atoms with Crippen LogP contribution in [0.3, 0.4) is 0 Å². The van der Waals surface area contributed by atoms with Crippen molar-refractivity contribution in [2.24, 2.45) is 5.41 Å². The van der Waals surface area contributed by atoms with E-state index in [9.17, 15) is 24.0 Å². The highest BCUT2D eigenvalue weighted by Crippen LogP contribution is 2.24. The molecule has 0 aromatic heterocycles. The highest BCUT2D eigenvalue weighted by molar-refractivity contribution is 7.89. The third kappa shape index (κ3) is 9.23. The number of esters is 2. The molecule has 1 N–H and O–H groups in total. The topological polar surface area (TPSA) is 153 Å². The van der Waals surface area contributed by atoms with E-state index in [1.165, 1.54) is 23.8 Å². The molecule has 0 unspecified atom stereocenters. The Morgan fingerprint density at radius 2 is 1.73 bits per heavy atom. The van der Waals surface area contributed by atoms with Gasteiger partial charge in [-0.2, -0.15) is 9.35 Å². The minimum Gasteiger partial charge on any atom is -0.466 e. The normalized spacial score (nSPS) is 18.9. The van der Waals surface area contributed by atoms with Gasteiger partial charge >= 0.3 is 24.1 Å². The van der Waals surface area contributed by atoms with Gasteiger partial charge in [-0.3, -0.25) is 18.6 Å². The first-order valence-corrected chi connectivity index (χ1v) is 12.7. The van der Waals surface area contributed by atoms with Crippen molar-refractivity contribution in [2.45, 2.75) is 59.0 Å². The fourth-order valence-electron chi connectivity index (χ4n) is 3.59. The van der Waals surface area contributed by atoms with E-state index in [0.717, 1.165) is 5.06 Å². The maximum atomic E-state index is 12.8. The number of hydrogen-bond acceptors (Lipinski definition) is 11. The number of amides is 4. The van der Waals surface area contributed by atoms with Crippen LogP contribution >= 0.6 is 12.3 Å². The largest absolute Gasteiger partial charge is 0.466 e. The van der Waals surface area contributed by atoms with Gasteiger partial charge in [-0.1, -0.05) is 0 Å². The summed E-state index contributed by atoms with van der Waals surface area (Å²) in [5.74, 6) is -1.23. The first-order valence-electron chi connectivity index (χ1n) is 12.0. The summed E-state index contributed by atoms with van der Waals surface area (Å²) in [5, 5.41) is 4.04. The molecule has 2 fully saturated rings. The molecular weight excluding hydrogens is 512 g/mol. The highest BCUT2D eigenvalue weighted by Gasteiger charge is 2.38. The minimum atomic E-state index is -0.876. The van der Waals surface area contributed by atoms with Crippen LogP contribution in [0.1, 0.15) is 47.0 Å². The van der Waals surface area contributed by atoms with Crippen LogP contribution in [0.5, 0.6) is 0 Å². The summed E-state index contributed by atoms with van der Waals surface area (Å²) in [5.41, 5.74) is -0.876. The smallest absolute Gasteiger partial charge is 0.412 e. The lowest BCUT2D eigenvalue weighted by Crippen LogP contribution is -2.58. The maximum absolute atomic E-state index is 12.8. The summed E-state index contributed by atoms with van der Waals surface area (Å²) >= 11 is 0.578. The molecule has 1 atom stereocenters. The Balaban J connectivity index is 1.71. The highest BCUT2D eigenvalue weighted by atomic mass is 32.2. The number of likely N-dealkylation sites (tertiary alicyclic amines) is 1. The quantitative estimate of drug-likeness (QED) is 0.173. The van der Waals surface area contributed by atoms with Gasteiger partial charge in [0.25, 0.3) is 0 Å². The van der Waals surface area contributed by atoms with Gasteiger partial charge in [0.1, 0.15) is 6.04 Å². The van der Waals surface area contributed by atoms with Crippen molar-refractivity contribution < 1.29 is 46.7 Å². The molecule has 2 aliphatic rings. The van der Waals surface area contributed by atoms with Crippen LogP contribution < -0.4 is 5.32 Å². The number of hydrogen-bond donors (Lipinski definition) is 1. The van der Waals surface area contributed by atoms with Crippen molar-refractivity contribution in [3.05, 3.63) is 0 Å². The summed E-state index contributed by atoms with van der Waals surface area (Å²) in [6, 6.07) is -1.33. The first kappa shape index (κ1) is 30.4. The number of nitrogens with zero attached hydrogens (tertiary/aromatic N) is 3. The van der Waals surface area contributed by atoms with Crippen LogP contribution in [-0.4, -0.2) is 104 Å². The number of hydroxylamine groups is 2. The molecule has 0 aromatic rings. The standard InChI is InChI=1S/C22H36N4O10S/c1-6-32-19(29)22(3,4)13-35-37-36-26-12-9-17(24(5)20(26)30)18(28)23-16-7-10-25(11-8-16)21(31)34-14-33-15(2)27/h16-17H,6-14H2,1-5H3,(H,23,28)/t17-/m0/s1. The van der Waals surface area contributed by atoms with E-state index in [2.05, 4.69) is 10.1 Å². The third-order valence-corrected chi connectivity index (χ3v) is 6.31. The number of ether oxygens (including phenoxy) is 3. The van der Waals surface area contributed by atoms with E-state index in [1.54, 1.807) is 20.8 Å². The lowest BCUT2D eigenvalue weighted by Gasteiger charge is -2.38. The summed E-state index contributed by atoms with van der Waals surface area (Å²) in [7, 11) is 1.51. The van der Waals surface area contributed by atoms with Gasteiger partial charge < -0.3 is 29.3 Å². The zero-order valence-corrected chi connectivity index (χ0v) is 22.7. The molecule has 14 nitrogen and oxygen atoms in total. The first-order chi connectivity index (χ1) is 17.5. The number of carbonyl (C=O) groups excluding carboxylic acids is 5. The summed E-state index contributed by atoms with van der Waals surface area (Å²) in [6.07, 6.45) is 0.786. The molecule has 4 amide bonds. The second kappa shape index (κ2) is 14.2. The molecule has 0 aliphatic carbocycles. The monoisotopic (exact) mass is 548 g/mol. The molecule has 15 heteroatoms. The number of nitrogens with one attached hydrogen (secondary N) is 1. The average molecular weight is 549 g/mol.